The molecule has 10 heteroatoms. The number of halogens is 2. The molecule has 3 heterocycles. The van der Waals surface area contributed by atoms with Gasteiger partial charge in [-0.25, -0.2) is 14.8 Å². The first kappa shape index (κ1) is 26.6. The van der Waals surface area contributed by atoms with Crippen LogP contribution < -0.4 is 5.43 Å². The largest absolute Gasteiger partial charge is 0.379 e. The number of aliphatic hydroxyl groups is 1. The highest BCUT2D eigenvalue weighted by Gasteiger charge is 2.37. The highest BCUT2D eigenvalue weighted by molar-refractivity contribution is 6.31. The Morgan fingerprint density at radius 3 is 2.45 bits per heavy atom. The number of benzene rings is 3. The third kappa shape index (κ3) is 4.78. The van der Waals surface area contributed by atoms with Crippen molar-refractivity contribution < 1.29 is 14.6 Å². The lowest BCUT2D eigenvalue weighted by atomic mass is 9.83. The molecule has 1 saturated heterocycles. The third-order valence-electron chi connectivity index (χ3n) is 7.29. The number of amides is 1. The normalized spacial score (nSPS) is 15.7. The molecule has 6 rings (SSSR count). The van der Waals surface area contributed by atoms with Crippen molar-refractivity contribution in [2.45, 2.75) is 5.60 Å². The predicted octanol–water partition coefficient (Wildman–Crippen LogP) is 5.44. The van der Waals surface area contributed by atoms with Gasteiger partial charge in [-0.1, -0.05) is 53.5 Å². The van der Waals surface area contributed by atoms with Gasteiger partial charge >= 0.3 is 6.03 Å². The summed E-state index contributed by atoms with van der Waals surface area (Å²) in [6.45, 7) is 2.33. The highest BCUT2D eigenvalue weighted by Crippen LogP contribution is 2.40. The van der Waals surface area contributed by atoms with Crippen LogP contribution in [-0.4, -0.2) is 56.6 Å². The van der Waals surface area contributed by atoms with Crippen LogP contribution in [0.25, 0.3) is 22.0 Å². The van der Waals surface area contributed by atoms with Crippen molar-refractivity contribution in [3.8, 4) is 11.1 Å². The number of nitrogens with one attached hydrogen (secondary N) is 1. The van der Waals surface area contributed by atoms with Crippen LogP contribution in [0, 0.1) is 0 Å². The number of aromatic nitrogens is 3. The lowest BCUT2D eigenvalue weighted by Gasteiger charge is -2.30. The fourth-order valence-electron chi connectivity index (χ4n) is 5.23. The number of rotatable bonds is 5. The SMILES string of the molecule is Cn1cncc1C(O)(c1ccc(Cl)cc1)c1ccc2c(c1)c(-c1cccc(Cl)c1)cn2C(=O)NN1CCOCC1. The van der Waals surface area contributed by atoms with Crippen LogP contribution >= 0.6 is 23.2 Å². The molecule has 1 amide bonds. The Hall–Kier alpha value is -3.66. The van der Waals surface area contributed by atoms with Crippen molar-refractivity contribution in [3.05, 3.63) is 112 Å². The molecule has 3 aromatic carbocycles. The molecule has 1 unspecified atom stereocenters. The van der Waals surface area contributed by atoms with Gasteiger partial charge in [0.2, 0.25) is 0 Å². The van der Waals surface area contributed by atoms with Crippen molar-refractivity contribution in [1.82, 2.24) is 24.6 Å². The maximum atomic E-state index is 13.5. The van der Waals surface area contributed by atoms with E-state index >= 15 is 0 Å². The van der Waals surface area contributed by atoms with E-state index in [1.165, 1.54) is 0 Å². The number of imidazole rings is 1. The van der Waals surface area contributed by atoms with Gasteiger partial charge in [-0.2, -0.15) is 0 Å². The number of ether oxygens (including phenoxy) is 1. The summed E-state index contributed by atoms with van der Waals surface area (Å²) >= 11 is 12.5. The second-order valence-corrected chi connectivity index (χ2v) is 10.7. The number of nitrogens with zero attached hydrogens (tertiary/aromatic N) is 4. The minimum atomic E-state index is -1.55. The van der Waals surface area contributed by atoms with E-state index in [4.69, 9.17) is 27.9 Å². The van der Waals surface area contributed by atoms with Crippen molar-refractivity contribution in [1.29, 1.82) is 0 Å². The topological polar surface area (TPSA) is 84.5 Å². The lowest BCUT2D eigenvalue weighted by Crippen LogP contribution is -2.49. The van der Waals surface area contributed by atoms with Crippen molar-refractivity contribution in [2.24, 2.45) is 7.05 Å². The summed E-state index contributed by atoms with van der Waals surface area (Å²) in [6.07, 6.45) is 5.11. The molecule has 0 bridgehead atoms. The average molecular weight is 576 g/mol. The fraction of sp³-hybridized carbons (Fsp3) is 0.200. The summed E-state index contributed by atoms with van der Waals surface area (Å²) in [4.78, 5) is 17.7. The predicted molar refractivity (Wildman–Crippen MR) is 155 cm³/mol. The molecule has 2 aromatic heterocycles. The van der Waals surface area contributed by atoms with Crippen LogP contribution in [0.2, 0.25) is 10.0 Å². The van der Waals surface area contributed by atoms with E-state index in [1.54, 1.807) is 52.1 Å². The standard InChI is InChI=1S/C30H27Cl2N5O3/c1-35-19-33-17-28(35)30(39,21-5-8-23(31)9-6-21)22-7-10-27-25(16-22)26(20-3-2-4-24(32)15-20)18-37(27)29(38)34-36-11-13-40-14-12-36/h2-10,15-19,39H,11-14H2,1H3,(H,34,38). The van der Waals surface area contributed by atoms with E-state index < -0.39 is 5.60 Å². The summed E-state index contributed by atoms with van der Waals surface area (Å²) in [7, 11) is 1.84. The van der Waals surface area contributed by atoms with Gasteiger partial charge in [0.25, 0.3) is 0 Å². The van der Waals surface area contributed by atoms with Crippen molar-refractivity contribution >= 4 is 40.1 Å². The molecule has 204 valence electrons. The second-order valence-electron chi connectivity index (χ2n) is 9.78. The second kappa shape index (κ2) is 10.7. The number of hydrazine groups is 1. The van der Waals surface area contributed by atoms with Crippen LogP contribution in [0.1, 0.15) is 16.8 Å². The zero-order valence-corrected chi connectivity index (χ0v) is 23.2. The molecule has 1 atom stereocenters. The first-order chi connectivity index (χ1) is 19.3. The Morgan fingerprint density at radius 1 is 1.00 bits per heavy atom. The van der Waals surface area contributed by atoms with Crippen LogP contribution in [0.15, 0.2) is 85.5 Å². The van der Waals surface area contributed by atoms with E-state index in [0.717, 1.165) is 16.5 Å². The fourth-order valence-corrected chi connectivity index (χ4v) is 5.55. The van der Waals surface area contributed by atoms with Gasteiger partial charge in [-0.15, -0.1) is 0 Å². The molecule has 1 fully saturated rings. The van der Waals surface area contributed by atoms with Gasteiger partial charge in [-0.3, -0.25) is 9.99 Å². The number of carbonyl (C=O) groups excluding carboxylic acids is 1. The molecule has 2 N–H and O–H groups in total. The van der Waals surface area contributed by atoms with E-state index in [0.29, 0.717) is 58.7 Å². The molecule has 0 spiro atoms. The molecule has 40 heavy (non-hydrogen) atoms. The monoisotopic (exact) mass is 575 g/mol. The van der Waals surface area contributed by atoms with Gasteiger partial charge in [0, 0.05) is 47.3 Å². The van der Waals surface area contributed by atoms with Gasteiger partial charge in [0.05, 0.1) is 36.9 Å². The number of hydrogen-bond acceptors (Lipinski definition) is 5. The Balaban J connectivity index is 1.54. The Bertz CT molecular complexity index is 1690. The maximum Gasteiger partial charge on any atom is 0.340 e. The molecule has 1 aliphatic heterocycles. The molecular formula is C30H27Cl2N5O3. The van der Waals surface area contributed by atoms with E-state index in [-0.39, 0.29) is 6.03 Å². The maximum absolute atomic E-state index is 13.5. The number of fused-ring (bicyclic) bond motifs is 1. The zero-order valence-electron chi connectivity index (χ0n) is 21.7. The van der Waals surface area contributed by atoms with Gasteiger partial charge in [0.15, 0.2) is 5.60 Å². The van der Waals surface area contributed by atoms with Crippen LogP contribution in [0.5, 0.6) is 0 Å². The minimum Gasteiger partial charge on any atom is -0.379 e. The lowest BCUT2D eigenvalue weighted by molar-refractivity contribution is 0.0197. The van der Waals surface area contributed by atoms with Crippen molar-refractivity contribution in [2.75, 3.05) is 26.3 Å². The molecule has 1 aliphatic rings. The van der Waals surface area contributed by atoms with Crippen LogP contribution in [0.3, 0.4) is 0 Å². The number of carbonyl (C=O) groups is 1. The van der Waals surface area contributed by atoms with Gasteiger partial charge in [-0.05, 0) is 53.1 Å². The van der Waals surface area contributed by atoms with Crippen molar-refractivity contribution in [3.63, 3.8) is 0 Å². The van der Waals surface area contributed by atoms with Gasteiger partial charge in [0.1, 0.15) is 0 Å². The quantitative estimate of drug-likeness (QED) is 0.291. The number of hydrogen-bond donors (Lipinski definition) is 2. The summed E-state index contributed by atoms with van der Waals surface area (Å²) in [6, 6.07) is 19.9. The first-order valence-corrected chi connectivity index (χ1v) is 13.6. The summed E-state index contributed by atoms with van der Waals surface area (Å²) < 4.78 is 8.79. The minimum absolute atomic E-state index is 0.285. The zero-order chi connectivity index (χ0) is 27.9. The van der Waals surface area contributed by atoms with Gasteiger partial charge < -0.3 is 14.4 Å². The highest BCUT2D eigenvalue weighted by atomic mass is 35.5. The summed E-state index contributed by atoms with van der Waals surface area (Å²) in [5, 5.41) is 16.2. The molecule has 0 saturated carbocycles. The molecule has 0 aliphatic carbocycles. The summed E-state index contributed by atoms with van der Waals surface area (Å²) in [5.41, 5.74) is 5.61. The van der Waals surface area contributed by atoms with E-state index in [1.807, 2.05) is 54.5 Å². The number of morpholine rings is 1. The molecule has 8 nitrogen and oxygen atoms in total. The van der Waals surface area contributed by atoms with Crippen LogP contribution in [0.4, 0.5) is 4.79 Å². The Labute approximate surface area is 241 Å². The molecule has 0 radical (unpaired) electrons. The number of aryl methyl sites for hydroxylation is 1. The van der Waals surface area contributed by atoms with E-state index in [9.17, 15) is 9.90 Å². The summed E-state index contributed by atoms with van der Waals surface area (Å²) in [5.74, 6) is 0. The Morgan fingerprint density at radius 2 is 1.75 bits per heavy atom. The average Bonchev–Trinajstić information content (AvgIpc) is 3.57. The smallest absolute Gasteiger partial charge is 0.340 e. The molecular weight excluding hydrogens is 549 g/mol. The van der Waals surface area contributed by atoms with Crippen LogP contribution in [-0.2, 0) is 17.4 Å². The Kier molecular flexibility index (Phi) is 7.12. The van der Waals surface area contributed by atoms with E-state index in [2.05, 4.69) is 10.4 Å². The third-order valence-corrected chi connectivity index (χ3v) is 7.78. The first-order valence-electron chi connectivity index (χ1n) is 12.8. The molecule has 5 aromatic rings.